The van der Waals surface area contributed by atoms with Crippen molar-refractivity contribution in [3.05, 3.63) is 47.9 Å². The molecule has 2 heterocycles. The third-order valence-corrected chi connectivity index (χ3v) is 7.85. The van der Waals surface area contributed by atoms with E-state index in [4.69, 9.17) is 4.74 Å². The number of nitriles is 1. The minimum Gasteiger partial charge on any atom is -0.466 e. The minimum absolute atomic E-state index is 0.0543. The van der Waals surface area contributed by atoms with Gasteiger partial charge in [0.15, 0.2) is 5.82 Å². The second kappa shape index (κ2) is 18.6. The van der Waals surface area contributed by atoms with E-state index in [9.17, 15) is 14.9 Å². The second-order valence-electron chi connectivity index (χ2n) is 13.0. The number of esters is 1. The predicted molar refractivity (Wildman–Crippen MR) is 188 cm³/mol. The zero-order valence-electron chi connectivity index (χ0n) is 29.6. The highest BCUT2D eigenvalue weighted by molar-refractivity contribution is 5.86. The van der Waals surface area contributed by atoms with Crippen LogP contribution in [0.15, 0.2) is 46.9 Å². The lowest BCUT2D eigenvalue weighted by Crippen LogP contribution is -2.40. The lowest BCUT2D eigenvalue weighted by molar-refractivity contribution is -0.143. The number of carbonyl (C=O) groups excluding carboxylic acids is 2. The fourth-order valence-electron chi connectivity index (χ4n) is 5.33. The zero-order chi connectivity index (χ0) is 35.1. The third-order valence-electron chi connectivity index (χ3n) is 7.85. The van der Waals surface area contributed by atoms with Crippen LogP contribution >= 0.6 is 0 Å². The molecule has 12 heteroatoms. The molecule has 0 aliphatic heterocycles. The topological polar surface area (TPSA) is 142 Å². The fraction of sp³-hybridized carbons (Fsp3) is 0.556. The van der Waals surface area contributed by atoms with Crippen LogP contribution in [-0.2, 0) is 14.3 Å². The van der Waals surface area contributed by atoms with Crippen LogP contribution in [0.2, 0.25) is 0 Å². The summed E-state index contributed by atoms with van der Waals surface area (Å²) in [6, 6.07) is 9.70. The van der Waals surface area contributed by atoms with E-state index in [1.165, 1.54) is 30.4 Å². The molecule has 0 N–H and O–H groups in total. The molecule has 0 bridgehead atoms. The Bertz CT molecular complexity index is 1540. The summed E-state index contributed by atoms with van der Waals surface area (Å²) in [4.78, 5) is 37.2. The number of hydrogen-bond donors (Lipinski definition) is 0. The zero-order valence-corrected chi connectivity index (χ0v) is 29.6. The highest BCUT2D eigenvalue weighted by atomic mass is 16.5. The number of amides is 1. The average Bonchev–Trinajstić information content (AvgIpc) is 3.44. The molecular weight excluding hydrogens is 606 g/mol. The molecule has 2 aromatic heterocycles. The molecular formula is C36H51N9O3. The number of nitrogens with zero attached hydrogens (tertiary/aromatic N) is 9. The maximum atomic E-state index is 12.6. The Balaban J connectivity index is 2.07. The smallest absolute Gasteiger partial charge is 0.305 e. The monoisotopic (exact) mass is 657 g/mol. The van der Waals surface area contributed by atoms with Gasteiger partial charge in [-0.15, -0.1) is 10.2 Å². The van der Waals surface area contributed by atoms with Crippen molar-refractivity contribution in [3.8, 4) is 12.0 Å². The highest BCUT2D eigenvalue weighted by Crippen LogP contribution is 2.38. The van der Waals surface area contributed by atoms with Crippen molar-refractivity contribution in [3.63, 3.8) is 0 Å². The lowest BCUT2D eigenvalue weighted by Gasteiger charge is -2.34. The summed E-state index contributed by atoms with van der Waals surface area (Å²) >= 11 is 0. The first-order valence-corrected chi connectivity index (χ1v) is 17.1. The second-order valence-corrected chi connectivity index (χ2v) is 13.0. The largest absolute Gasteiger partial charge is 0.466 e. The SMILES string of the molecule is CCCCCCCCN(CCCC(=O)OCC)c1ccc(N=Nc2c(C#N)c(C(C)C)nn2-c2ncccn2)c(N(C=O)C(C)(C)C)c1. The summed E-state index contributed by atoms with van der Waals surface area (Å²) < 4.78 is 6.58. The minimum atomic E-state index is -0.569. The number of carbonyl (C=O) groups is 2. The van der Waals surface area contributed by atoms with Gasteiger partial charge in [0.2, 0.25) is 6.41 Å². The normalized spacial score (nSPS) is 11.6. The van der Waals surface area contributed by atoms with Gasteiger partial charge in [-0.25, -0.2) is 9.97 Å². The van der Waals surface area contributed by atoms with Crippen LogP contribution in [0, 0.1) is 11.3 Å². The van der Waals surface area contributed by atoms with E-state index in [0.29, 0.717) is 43.1 Å². The van der Waals surface area contributed by atoms with Crippen LogP contribution in [0.5, 0.6) is 0 Å². The van der Waals surface area contributed by atoms with Gasteiger partial charge in [-0.2, -0.15) is 15.0 Å². The first-order chi connectivity index (χ1) is 23.0. The van der Waals surface area contributed by atoms with Crippen molar-refractivity contribution in [2.75, 3.05) is 29.5 Å². The van der Waals surface area contributed by atoms with E-state index < -0.39 is 5.54 Å². The van der Waals surface area contributed by atoms with E-state index in [2.05, 4.69) is 43.2 Å². The molecule has 0 radical (unpaired) electrons. The Morgan fingerprint density at radius 2 is 1.73 bits per heavy atom. The molecule has 1 amide bonds. The van der Waals surface area contributed by atoms with Crippen LogP contribution in [0.25, 0.3) is 5.95 Å². The van der Waals surface area contributed by atoms with Crippen molar-refractivity contribution in [1.29, 1.82) is 5.26 Å². The van der Waals surface area contributed by atoms with Gasteiger partial charge in [0.05, 0.1) is 18.0 Å². The lowest BCUT2D eigenvalue weighted by atomic mass is 10.0. The van der Waals surface area contributed by atoms with E-state index in [0.717, 1.165) is 31.5 Å². The molecule has 0 aliphatic rings. The number of rotatable bonds is 19. The van der Waals surface area contributed by atoms with Crippen molar-refractivity contribution >= 4 is 35.3 Å². The van der Waals surface area contributed by atoms with Gasteiger partial charge >= 0.3 is 5.97 Å². The maximum absolute atomic E-state index is 12.6. The number of benzene rings is 1. The molecule has 3 rings (SSSR count). The molecule has 0 fully saturated rings. The van der Waals surface area contributed by atoms with Gasteiger partial charge in [-0.3, -0.25) is 9.59 Å². The Kier molecular flexibility index (Phi) is 14.7. The van der Waals surface area contributed by atoms with E-state index in [1.54, 1.807) is 23.4 Å². The standard InChI is InChI=1S/C36H51N9O3/c1-8-10-11-12-13-14-22-43(23-15-17-32(47)48-9-2)28-18-19-30(31(24-28)44(26-46)36(5,6)7)40-41-34-29(25-37)33(27(3)4)42-45(34)35-38-20-16-21-39-35/h16,18-21,24,26-27H,8-15,17,22-23H2,1-7H3. The summed E-state index contributed by atoms with van der Waals surface area (Å²) in [6.07, 6.45) is 12.0. The first-order valence-electron chi connectivity index (χ1n) is 17.1. The molecule has 0 saturated heterocycles. The van der Waals surface area contributed by atoms with Crippen molar-refractivity contribution in [2.24, 2.45) is 10.2 Å². The number of aromatic nitrogens is 4. The van der Waals surface area contributed by atoms with Gasteiger partial charge in [0.25, 0.3) is 5.95 Å². The van der Waals surface area contributed by atoms with E-state index in [1.807, 2.05) is 59.7 Å². The van der Waals surface area contributed by atoms with Crippen LogP contribution in [0.3, 0.4) is 0 Å². The Labute approximate surface area is 285 Å². The number of ether oxygens (including phenoxy) is 1. The summed E-state index contributed by atoms with van der Waals surface area (Å²) in [7, 11) is 0. The fourth-order valence-corrected chi connectivity index (χ4v) is 5.33. The summed E-state index contributed by atoms with van der Waals surface area (Å²) in [5, 5.41) is 23.9. The highest BCUT2D eigenvalue weighted by Gasteiger charge is 2.26. The molecule has 0 unspecified atom stereocenters. The Morgan fingerprint density at radius 3 is 2.35 bits per heavy atom. The molecule has 1 aromatic carbocycles. The first kappa shape index (κ1) is 37.8. The molecule has 258 valence electrons. The maximum Gasteiger partial charge on any atom is 0.305 e. The summed E-state index contributed by atoms with van der Waals surface area (Å²) in [5.74, 6) is 0.217. The summed E-state index contributed by atoms with van der Waals surface area (Å²) in [5.41, 5.74) is 2.22. The molecule has 12 nitrogen and oxygen atoms in total. The number of hydrogen-bond acceptors (Lipinski definition) is 10. The molecule has 48 heavy (non-hydrogen) atoms. The van der Waals surface area contributed by atoms with E-state index in [-0.39, 0.29) is 29.2 Å². The van der Waals surface area contributed by atoms with Crippen LogP contribution in [0.4, 0.5) is 22.9 Å². The van der Waals surface area contributed by atoms with Gasteiger partial charge in [0, 0.05) is 43.1 Å². The molecule has 0 atom stereocenters. The van der Waals surface area contributed by atoms with Gasteiger partial charge in [-0.1, -0.05) is 52.9 Å². The van der Waals surface area contributed by atoms with Gasteiger partial charge < -0.3 is 14.5 Å². The average molecular weight is 658 g/mol. The van der Waals surface area contributed by atoms with Crippen LogP contribution in [0.1, 0.15) is 117 Å². The molecule has 0 saturated carbocycles. The Hall–Kier alpha value is -4.66. The quantitative estimate of drug-likeness (QED) is 0.0542. The number of anilines is 2. The summed E-state index contributed by atoms with van der Waals surface area (Å²) in [6.45, 7) is 15.6. The van der Waals surface area contributed by atoms with Crippen molar-refractivity contribution in [2.45, 2.75) is 111 Å². The van der Waals surface area contributed by atoms with E-state index >= 15 is 0 Å². The number of azo groups is 1. The molecule has 3 aromatic rings. The number of unbranched alkanes of at least 4 members (excludes halogenated alkanes) is 5. The third kappa shape index (κ3) is 10.4. The Morgan fingerprint density at radius 1 is 1.04 bits per heavy atom. The van der Waals surface area contributed by atoms with Crippen molar-refractivity contribution < 1.29 is 14.3 Å². The van der Waals surface area contributed by atoms with Gasteiger partial charge in [-0.05, 0) is 70.7 Å². The van der Waals surface area contributed by atoms with Crippen LogP contribution in [-0.4, -0.2) is 57.4 Å². The predicted octanol–water partition coefficient (Wildman–Crippen LogP) is 8.34. The van der Waals surface area contributed by atoms with Crippen molar-refractivity contribution in [1.82, 2.24) is 19.7 Å². The van der Waals surface area contributed by atoms with Gasteiger partial charge in [0.1, 0.15) is 17.3 Å². The van der Waals surface area contributed by atoms with Crippen LogP contribution < -0.4 is 9.80 Å². The molecule has 0 spiro atoms. The molecule has 0 aliphatic carbocycles.